The van der Waals surface area contributed by atoms with Gasteiger partial charge in [-0.1, -0.05) is 32.4 Å². The van der Waals surface area contributed by atoms with Crippen LogP contribution in [-0.2, 0) is 17.6 Å². The van der Waals surface area contributed by atoms with E-state index in [-0.39, 0.29) is 5.97 Å². The number of ether oxygens (including phenoxy) is 1. The van der Waals surface area contributed by atoms with E-state index in [1.165, 1.54) is 17.7 Å². The zero-order chi connectivity index (χ0) is 14.5. The second-order valence-corrected chi connectivity index (χ2v) is 5.65. The highest BCUT2D eigenvalue weighted by atomic mass is 32.1. The van der Waals surface area contributed by atoms with Crippen LogP contribution < -0.4 is 0 Å². The Balaban J connectivity index is 2.38. The average molecular weight is 289 g/mol. The maximum Gasteiger partial charge on any atom is 0.337 e. The van der Waals surface area contributed by atoms with Crippen molar-refractivity contribution in [2.24, 2.45) is 0 Å². The molecule has 0 saturated carbocycles. The molecule has 0 fully saturated rings. The van der Waals surface area contributed by atoms with Gasteiger partial charge in [0.2, 0.25) is 0 Å². The molecule has 20 heavy (non-hydrogen) atoms. The summed E-state index contributed by atoms with van der Waals surface area (Å²) in [5.41, 5.74) is 2.74. The van der Waals surface area contributed by atoms with Crippen LogP contribution in [0, 0.1) is 0 Å². The van der Waals surface area contributed by atoms with E-state index in [4.69, 9.17) is 9.72 Å². The van der Waals surface area contributed by atoms with E-state index in [1.54, 1.807) is 17.4 Å². The lowest BCUT2D eigenvalue weighted by Gasteiger charge is -2.01. The van der Waals surface area contributed by atoms with Gasteiger partial charge in [-0.25, -0.2) is 9.78 Å². The monoisotopic (exact) mass is 289 g/mol. The summed E-state index contributed by atoms with van der Waals surface area (Å²) in [4.78, 5) is 17.7. The third kappa shape index (κ3) is 3.07. The van der Waals surface area contributed by atoms with Crippen LogP contribution in [0.5, 0.6) is 0 Å². The Kier molecular flexibility index (Phi) is 4.90. The molecule has 0 aliphatic rings. The summed E-state index contributed by atoms with van der Waals surface area (Å²) in [5.74, 6) is -0.312. The quantitative estimate of drug-likeness (QED) is 0.777. The van der Waals surface area contributed by atoms with E-state index in [1.807, 2.05) is 18.2 Å². The van der Waals surface area contributed by atoms with Gasteiger partial charge in [0.25, 0.3) is 0 Å². The van der Waals surface area contributed by atoms with E-state index in [2.05, 4.69) is 13.8 Å². The molecular weight excluding hydrogens is 270 g/mol. The highest BCUT2D eigenvalue weighted by molar-refractivity contribution is 7.15. The lowest BCUT2D eigenvalue weighted by Crippen LogP contribution is -2.00. The van der Waals surface area contributed by atoms with Gasteiger partial charge in [0, 0.05) is 10.4 Å². The summed E-state index contributed by atoms with van der Waals surface area (Å²) >= 11 is 1.72. The van der Waals surface area contributed by atoms with Gasteiger partial charge in [0.1, 0.15) is 5.01 Å². The molecule has 2 aromatic rings. The second-order valence-electron chi connectivity index (χ2n) is 4.56. The van der Waals surface area contributed by atoms with E-state index < -0.39 is 0 Å². The number of methoxy groups -OCH3 is 1. The van der Waals surface area contributed by atoms with Gasteiger partial charge < -0.3 is 4.74 Å². The van der Waals surface area contributed by atoms with Crippen LogP contribution >= 0.6 is 11.3 Å². The molecule has 0 spiro atoms. The van der Waals surface area contributed by atoms with E-state index in [9.17, 15) is 4.79 Å². The van der Waals surface area contributed by atoms with Crippen LogP contribution in [0.1, 0.15) is 41.2 Å². The van der Waals surface area contributed by atoms with Gasteiger partial charge in [-0.15, -0.1) is 11.3 Å². The average Bonchev–Trinajstić information content (AvgIpc) is 2.90. The molecule has 0 amide bonds. The molecule has 0 saturated heterocycles. The van der Waals surface area contributed by atoms with Crippen molar-refractivity contribution < 1.29 is 9.53 Å². The lowest BCUT2D eigenvalue weighted by atomic mass is 10.1. The van der Waals surface area contributed by atoms with Crippen LogP contribution in [0.15, 0.2) is 24.3 Å². The van der Waals surface area contributed by atoms with Gasteiger partial charge in [-0.05, 0) is 25.0 Å². The number of rotatable bonds is 5. The number of aryl methyl sites for hydroxylation is 2. The van der Waals surface area contributed by atoms with Crippen LogP contribution in [0.3, 0.4) is 0 Å². The van der Waals surface area contributed by atoms with Gasteiger partial charge in [-0.2, -0.15) is 0 Å². The molecule has 0 N–H and O–H groups in total. The summed E-state index contributed by atoms with van der Waals surface area (Å²) in [5, 5.41) is 0.982. The Hall–Kier alpha value is -1.68. The van der Waals surface area contributed by atoms with Gasteiger partial charge in [-0.3, -0.25) is 0 Å². The Morgan fingerprint density at radius 3 is 2.80 bits per heavy atom. The Labute approximate surface area is 123 Å². The SMILES string of the molecule is CCCc1nc(-c2cccc(C(=O)OC)c2)sc1CC. The first-order valence-electron chi connectivity index (χ1n) is 6.86. The largest absolute Gasteiger partial charge is 0.465 e. The highest BCUT2D eigenvalue weighted by Gasteiger charge is 2.12. The summed E-state index contributed by atoms with van der Waals surface area (Å²) in [6.07, 6.45) is 3.11. The zero-order valence-electron chi connectivity index (χ0n) is 12.1. The molecule has 0 bridgehead atoms. The maximum absolute atomic E-state index is 11.6. The van der Waals surface area contributed by atoms with Crippen molar-refractivity contribution in [3.05, 3.63) is 40.4 Å². The minimum absolute atomic E-state index is 0.312. The fraction of sp³-hybridized carbons (Fsp3) is 0.375. The van der Waals surface area contributed by atoms with Crippen LogP contribution in [0.4, 0.5) is 0 Å². The molecule has 106 valence electrons. The topological polar surface area (TPSA) is 39.2 Å². The third-order valence-corrected chi connectivity index (χ3v) is 4.41. The molecule has 1 aromatic carbocycles. The molecule has 3 nitrogen and oxygen atoms in total. The smallest absolute Gasteiger partial charge is 0.337 e. The zero-order valence-corrected chi connectivity index (χ0v) is 12.9. The summed E-state index contributed by atoms with van der Waals surface area (Å²) < 4.78 is 4.76. The first-order chi connectivity index (χ1) is 9.69. The molecule has 4 heteroatoms. The number of carbonyl (C=O) groups is 1. The van der Waals surface area contributed by atoms with Gasteiger partial charge in [0.15, 0.2) is 0 Å². The molecule has 0 aliphatic heterocycles. The highest BCUT2D eigenvalue weighted by Crippen LogP contribution is 2.29. The lowest BCUT2D eigenvalue weighted by molar-refractivity contribution is 0.0601. The van der Waals surface area contributed by atoms with Crippen molar-refractivity contribution in [3.63, 3.8) is 0 Å². The normalized spacial score (nSPS) is 10.6. The number of hydrogen-bond donors (Lipinski definition) is 0. The Morgan fingerprint density at radius 2 is 2.15 bits per heavy atom. The number of carbonyl (C=O) groups excluding carboxylic acids is 1. The number of nitrogens with zero attached hydrogens (tertiary/aromatic N) is 1. The van der Waals surface area contributed by atoms with E-state index in [0.29, 0.717) is 5.56 Å². The van der Waals surface area contributed by atoms with Crippen molar-refractivity contribution in [1.82, 2.24) is 4.98 Å². The van der Waals surface area contributed by atoms with Gasteiger partial charge >= 0.3 is 5.97 Å². The summed E-state index contributed by atoms with van der Waals surface area (Å²) in [6.45, 7) is 4.32. The van der Waals surface area contributed by atoms with Crippen molar-refractivity contribution in [3.8, 4) is 10.6 Å². The Morgan fingerprint density at radius 1 is 1.35 bits per heavy atom. The summed E-state index contributed by atoms with van der Waals surface area (Å²) in [7, 11) is 1.40. The van der Waals surface area contributed by atoms with Crippen molar-refractivity contribution in [2.75, 3.05) is 7.11 Å². The molecule has 0 atom stereocenters. The first kappa shape index (κ1) is 14.7. The number of benzene rings is 1. The third-order valence-electron chi connectivity index (χ3n) is 3.12. The number of aromatic nitrogens is 1. The predicted molar refractivity (Wildman–Crippen MR) is 82.3 cm³/mol. The first-order valence-corrected chi connectivity index (χ1v) is 7.68. The Bertz CT molecular complexity index is 604. The molecule has 1 aromatic heterocycles. The minimum atomic E-state index is -0.312. The minimum Gasteiger partial charge on any atom is -0.465 e. The van der Waals surface area contributed by atoms with Crippen molar-refractivity contribution in [1.29, 1.82) is 0 Å². The predicted octanol–water partition coefficient (Wildman–Crippen LogP) is 4.11. The van der Waals surface area contributed by atoms with Crippen LogP contribution in [-0.4, -0.2) is 18.1 Å². The number of hydrogen-bond acceptors (Lipinski definition) is 4. The van der Waals surface area contributed by atoms with Gasteiger partial charge in [0.05, 0.1) is 18.4 Å². The van der Waals surface area contributed by atoms with E-state index >= 15 is 0 Å². The molecule has 2 rings (SSSR count). The van der Waals surface area contributed by atoms with Crippen LogP contribution in [0.25, 0.3) is 10.6 Å². The summed E-state index contributed by atoms with van der Waals surface area (Å²) in [6, 6.07) is 7.46. The fourth-order valence-corrected chi connectivity index (χ4v) is 3.16. The van der Waals surface area contributed by atoms with Crippen molar-refractivity contribution in [2.45, 2.75) is 33.1 Å². The maximum atomic E-state index is 11.6. The molecule has 0 unspecified atom stereocenters. The van der Waals surface area contributed by atoms with E-state index in [0.717, 1.165) is 29.8 Å². The number of thiazole rings is 1. The fourth-order valence-electron chi connectivity index (χ4n) is 2.11. The molecule has 0 aliphatic carbocycles. The van der Waals surface area contributed by atoms with Crippen LogP contribution in [0.2, 0.25) is 0 Å². The molecule has 0 radical (unpaired) electrons. The standard InChI is InChI=1S/C16H19NO2S/c1-4-7-13-14(5-2)20-15(17-13)11-8-6-9-12(10-11)16(18)19-3/h6,8-10H,4-5,7H2,1-3H3. The number of esters is 1. The molecular formula is C16H19NO2S. The molecule has 1 heterocycles. The van der Waals surface area contributed by atoms with Crippen molar-refractivity contribution >= 4 is 17.3 Å². The second kappa shape index (κ2) is 6.66.